The first-order valence-corrected chi connectivity index (χ1v) is 12.4. The van der Waals surface area contributed by atoms with Gasteiger partial charge in [-0.1, -0.05) is 23.8 Å². The minimum atomic E-state index is -3.69. The first kappa shape index (κ1) is 21.6. The Morgan fingerprint density at radius 3 is 2.48 bits per heavy atom. The molecule has 1 fully saturated rings. The van der Waals surface area contributed by atoms with Crippen molar-refractivity contribution >= 4 is 21.6 Å². The van der Waals surface area contributed by atoms with E-state index in [-0.39, 0.29) is 28.2 Å². The number of carbonyl (C=O) groups is 1. The highest BCUT2D eigenvalue weighted by Crippen LogP contribution is 2.37. The topological polar surface area (TPSA) is 88.5 Å². The molecular formula is C25H25N3O4S. The molecule has 1 aromatic heterocycles. The maximum absolute atomic E-state index is 13.4. The second kappa shape index (κ2) is 8.28. The standard InChI is InChI=1S/C25H25N3O4S/c1-17-4-2-5-19(12-17)25(30)26-21-8-10-22(11-9-21)33(31,32)27-14-18-13-20(16-27)23-6-3-7-24(29)28(23)15-18/h2-12,18,20H,13-16H2,1H3,(H,26,30)/t18-,20-/m0/s1. The third kappa shape index (κ3) is 4.12. The van der Waals surface area contributed by atoms with E-state index in [9.17, 15) is 18.0 Å². The van der Waals surface area contributed by atoms with Gasteiger partial charge in [0.25, 0.3) is 11.5 Å². The zero-order valence-corrected chi connectivity index (χ0v) is 19.1. The Morgan fingerprint density at radius 1 is 0.970 bits per heavy atom. The molecule has 0 radical (unpaired) electrons. The molecule has 3 heterocycles. The van der Waals surface area contributed by atoms with Gasteiger partial charge in [0, 0.05) is 48.6 Å². The van der Waals surface area contributed by atoms with Gasteiger partial charge in [0.05, 0.1) is 4.90 Å². The molecule has 170 valence electrons. The molecular weight excluding hydrogens is 438 g/mol. The van der Waals surface area contributed by atoms with E-state index in [0.717, 1.165) is 17.7 Å². The molecule has 2 bridgehead atoms. The average Bonchev–Trinajstić information content (AvgIpc) is 2.80. The number of hydrogen-bond acceptors (Lipinski definition) is 4. The predicted octanol–water partition coefficient (Wildman–Crippen LogP) is 3.22. The summed E-state index contributed by atoms with van der Waals surface area (Å²) < 4.78 is 30.0. The first-order chi connectivity index (χ1) is 15.8. The van der Waals surface area contributed by atoms with Gasteiger partial charge < -0.3 is 9.88 Å². The molecule has 3 aromatic rings. The maximum Gasteiger partial charge on any atom is 0.255 e. The summed E-state index contributed by atoms with van der Waals surface area (Å²) in [7, 11) is -3.69. The van der Waals surface area contributed by atoms with Gasteiger partial charge in [0.15, 0.2) is 0 Å². The number of nitrogens with zero attached hydrogens (tertiary/aromatic N) is 2. The second-order valence-electron chi connectivity index (χ2n) is 8.87. The van der Waals surface area contributed by atoms with E-state index in [1.165, 1.54) is 16.4 Å². The van der Waals surface area contributed by atoms with Crippen LogP contribution in [0.15, 0.2) is 76.4 Å². The summed E-state index contributed by atoms with van der Waals surface area (Å²) in [5.41, 5.74) is 2.95. The van der Waals surface area contributed by atoms with Crippen molar-refractivity contribution in [3.8, 4) is 0 Å². The molecule has 0 spiro atoms. The van der Waals surface area contributed by atoms with E-state index in [2.05, 4.69) is 5.32 Å². The van der Waals surface area contributed by atoms with E-state index in [1.807, 2.05) is 25.1 Å². The van der Waals surface area contributed by atoms with Crippen LogP contribution in [0.4, 0.5) is 5.69 Å². The molecule has 33 heavy (non-hydrogen) atoms. The largest absolute Gasteiger partial charge is 0.322 e. The number of rotatable bonds is 4. The summed E-state index contributed by atoms with van der Waals surface area (Å²) in [5, 5.41) is 2.81. The van der Waals surface area contributed by atoms with E-state index >= 15 is 0 Å². The highest BCUT2D eigenvalue weighted by Gasteiger charge is 2.39. The zero-order chi connectivity index (χ0) is 23.2. The molecule has 1 N–H and O–H groups in total. The van der Waals surface area contributed by atoms with Gasteiger partial charge in [-0.25, -0.2) is 8.42 Å². The fraction of sp³-hybridized carbons (Fsp3) is 0.280. The van der Waals surface area contributed by atoms with Gasteiger partial charge >= 0.3 is 0 Å². The van der Waals surface area contributed by atoms with Crippen molar-refractivity contribution in [1.29, 1.82) is 0 Å². The Bertz CT molecular complexity index is 1380. The molecule has 1 saturated heterocycles. The molecule has 7 nitrogen and oxygen atoms in total. The molecule has 5 rings (SSSR count). The third-order valence-corrected chi connectivity index (χ3v) is 8.32. The lowest BCUT2D eigenvalue weighted by molar-refractivity contribution is 0.102. The van der Waals surface area contributed by atoms with Crippen LogP contribution in [0.2, 0.25) is 0 Å². The quantitative estimate of drug-likeness (QED) is 0.644. The molecule has 2 atom stereocenters. The fourth-order valence-electron chi connectivity index (χ4n) is 4.90. The van der Waals surface area contributed by atoms with Gasteiger partial charge in [0.1, 0.15) is 0 Å². The fourth-order valence-corrected chi connectivity index (χ4v) is 6.46. The van der Waals surface area contributed by atoms with Crippen molar-refractivity contribution in [2.24, 2.45) is 5.92 Å². The van der Waals surface area contributed by atoms with Gasteiger partial charge in [-0.05, 0) is 61.7 Å². The maximum atomic E-state index is 13.4. The number of sulfonamides is 1. The Morgan fingerprint density at radius 2 is 1.73 bits per heavy atom. The molecule has 2 aliphatic rings. The van der Waals surface area contributed by atoms with Crippen molar-refractivity contribution in [3.63, 3.8) is 0 Å². The van der Waals surface area contributed by atoms with Crippen LogP contribution in [0.5, 0.6) is 0 Å². The van der Waals surface area contributed by atoms with E-state index in [4.69, 9.17) is 0 Å². The van der Waals surface area contributed by atoms with Gasteiger partial charge in [-0.3, -0.25) is 9.59 Å². The molecule has 2 aliphatic heterocycles. The van der Waals surface area contributed by atoms with Crippen LogP contribution >= 0.6 is 0 Å². The smallest absolute Gasteiger partial charge is 0.255 e. The minimum Gasteiger partial charge on any atom is -0.322 e. The molecule has 8 heteroatoms. The number of aryl methyl sites for hydroxylation is 1. The highest BCUT2D eigenvalue weighted by atomic mass is 32.2. The van der Waals surface area contributed by atoms with Crippen molar-refractivity contribution < 1.29 is 13.2 Å². The van der Waals surface area contributed by atoms with Gasteiger partial charge in [-0.15, -0.1) is 0 Å². The summed E-state index contributed by atoms with van der Waals surface area (Å²) in [6.45, 7) is 3.21. The number of aromatic nitrogens is 1. The van der Waals surface area contributed by atoms with Crippen LogP contribution < -0.4 is 10.9 Å². The van der Waals surface area contributed by atoms with Crippen molar-refractivity contribution in [1.82, 2.24) is 8.87 Å². The lowest BCUT2D eigenvalue weighted by Gasteiger charge is -2.42. The van der Waals surface area contributed by atoms with Crippen molar-refractivity contribution in [3.05, 3.63) is 93.9 Å². The van der Waals surface area contributed by atoms with Crippen LogP contribution in [0.25, 0.3) is 0 Å². The van der Waals surface area contributed by atoms with Crippen LogP contribution in [0, 0.1) is 12.8 Å². The van der Waals surface area contributed by atoms with Crippen LogP contribution in [-0.2, 0) is 16.6 Å². The summed E-state index contributed by atoms with van der Waals surface area (Å²) in [4.78, 5) is 24.9. The van der Waals surface area contributed by atoms with E-state index in [0.29, 0.717) is 30.9 Å². The molecule has 0 saturated carbocycles. The SMILES string of the molecule is Cc1cccc(C(=O)Nc2ccc(S(=O)(=O)N3C[C@@H]4C[C@@H](C3)c3cccc(=O)n3C4)cc2)c1. The molecule has 0 aliphatic carbocycles. The minimum absolute atomic E-state index is 0.00839. The molecule has 2 aromatic carbocycles. The lowest BCUT2D eigenvalue weighted by atomic mass is 9.84. The number of amides is 1. The monoisotopic (exact) mass is 463 g/mol. The third-order valence-electron chi connectivity index (χ3n) is 6.48. The van der Waals surface area contributed by atoms with Gasteiger partial charge in [0.2, 0.25) is 10.0 Å². The summed E-state index contributed by atoms with van der Waals surface area (Å²) in [5.74, 6) is -0.125. The number of benzene rings is 2. The first-order valence-electron chi connectivity index (χ1n) is 11.0. The van der Waals surface area contributed by atoms with Gasteiger partial charge in [-0.2, -0.15) is 4.31 Å². The zero-order valence-electron chi connectivity index (χ0n) is 18.3. The van der Waals surface area contributed by atoms with E-state index in [1.54, 1.807) is 41.0 Å². The summed E-state index contributed by atoms with van der Waals surface area (Å²) >= 11 is 0. The number of hydrogen-bond donors (Lipinski definition) is 1. The summed E-state index contributed by atoms with van der Waals surface area (Å²) in [6, 6.07) is 18.8. The van der Waals surface area contributed by atoms with Crippen LogP contribution in [-0.4, -0.2) is 36.3 Å². The summed E-state index contributed by atoms with van der Waals surface area (Å²) in [6.07, 6.45) is 0.888. The number of nitrogens with one attached hydrogen (secondary N) is 1. The number of fused-ring (bicyclic) bond motifs is 4. The van der Waals surface area contributed by atoms with Crippen molar-refractivity contribution in [2.45, 2.75) is 30.7 Å². The Hall–Kier alpha value is -3.23. The normalized spacial score (nSPS) is 20.2. The second-order valence-corrected chi connectivity index (χ2v) is 10.8. The molecule has 0 unspecified atom stereocenters. The lowest BCUT2D eigenvalue weighted by Crippen LogP contribution is -2.48. The number of anilines is 1. The average molecular weight is 464 g/mol. The number of pyridine rings is 1. The number of carbonyl (C=O) groups excluding carboxylic acids is 1. The van der Waals surface area contributed by atoms with Crippen LogP contribution in [0.1, 0.15) is 34.0 Å². The Balaban J connectivity index is 1.33. The predicted molar refractivity (Wildman–Crippen MR) is 126 cm³/mol. The van der Waals surface area contributed by atoms with Crippen molar-refractivity contribution in [2.75, 3.05) is 18.4 Å². The Kier molecular flexibility index (Phi) is 5.42. The highest BCUT2D eigenvalue weighted by molar-refractivity contribution is 7.89. The Labute approximate surface area is 192 Å². The van der Waals surface area contributed by atoms with E-state index < -0.39 is 10.0 Å². The molecule has 1 amide bonds. The van der Waals surface area contributed by atoms with Crippen LogP contribution in [0.3, 0.4) is 0 Å². The number of piperidine rings is 1.